The van der Waals surface area contributed by atoms with Crippen LogP contribution in [-0.2, 0) is 9.59 Å². The fourth-order valence-electron chi connectivity index (χ4n) is 3.34. The zero-order valence-electron chi connectivity index (χ0n) is 20.6. The van der Waals surface area contributed by atoms with Gasteiger partial charge >= 0.3 is 11.9 Å². The molecule has 0 aromatic heterocycles. The van der Waals surface area contributed by atoms with Crippen molar-refractivity contribution in [3.8, 4) is 17.2 Å². The Morgan fingerprint density at radius 1 is 0.676 bits per heavy atom. The van der Waals surface area contributed by atoms with Crippen LogP contribution in [0.3, 0.4) is 0 Å². The second-order valence-corrected chi connectivity index (χ2v) is 8.34. The summed E-state index contributed by atoms with van der Waals surface area (Å²) in [4.78, 5) is 23.9. The Hall–Kier alpha value is -3.08. The molecular weight excluding hydrogens is 428 g/mol. The van der Waals surface area contributed by atoms with Crippen LogP contribution in [0.4, 0.5) is 0 Å². The van der Waals surface area contributed by atoms with Crippen molar-refractivity contribution in [2.45, 2.75) is 78.1 Å². The molecule has 184 valence electrons. The number of benzene rings is 2. The molecule has 5 nitrogen and oxygen atoms in total. The molecule has 0 saturated carbocycles. The number of hydrogen-bond acceptors (Lipinski definition) is 5. The summed E-state index contributed by atoms with van der Waals surface area (Å²) < 4.78 is 16.4. The Labute approximate surface area is 204 Å². The largest absolute Gasteiger partial charge is 0.494 e. The van der Waals surface area contributed by atoms with Gasteiger partial charge in [0, 0.05) is 12.5 Å². The van der Waals surface area contributed by atoms with Crippen molar-refractivity contribution in [3.63, 3.8) is 0 Å². The summed E-state index contributed by atoms with van der Waals surface area (Å²) in [6.45, 7) is 5.04. The first kappa shape index (κ1) is 27.2. The van der Waals surface area contributed by atoms with E-state index in [4.69, 9.17) is 14.2 Å². The van der Waals surface area contributed by atoms with Crippen molar-refractivity contribution in [1.29, 1.82) is 0 Å². The third kappa shape index (κ3) is 11.7. The average molecular weight is 467 g/mol. The molecule has 0 N–H and O–H groups in total. The molecule has 0 amide bonds. The Morgan fingerprint density at radius 3 is 1.91 bits per heavy atom. The monoisotopic (exact) mass is 466 g/mol. The molecule has 0 fully saturated rings. The van der Waals surface area contributed by atoms with Crippen LogP contribution in [0, 0.1) is 0 Å². The lowest BCUT2D eigenvalue weighted by molar-refractivity contribution is -0.134. The second kappa shape index (κ2) is 16.5. The van der Waals surface area contributed by atoms with Gasteiger partial charge in [0.1, 0.15) is 17.2 Å². The number of carbonyl (C=O) groups is 2. The van der Waals surface area contributed by atoms with Crippen molar-refractivity contribution >= 4 is 18.0 Å². The number of hydrogen-bond donors (Lipinski definition) is 0. The quantitative estimate of drug-likeness (QED) is 0.111. The van der Waals surface area contributed by atoms with E-state index in [0.29, 0.717) is 17.9 Å². The molecule has 0 unspecified atom stereocenters. The molecule has 2 aromatic carbocycles. The summed E-state index contributed by atoms with van der Waals surface area (Å²) in [7, 11) is 0. The highest BCUT2D eigenvalue weighted by molar-refractivity contribution is 5.88. The summed E-state index contributed by atoms with van der Waals surface area (Å²) >= 11 is 0. The molecule has 2 rings (SSSR count). The van der Waals surface area contributed by atoms with Gasteiger partial charge in [-0.1, -0.05) is 70.9 Å². The Kier molecular flexibility index (Phi) is 13.2. The normalized spacial score (nSPS) is 10.9. The minimum Gasteiger partial charge on any atom is -0.494 e. The predicted octanol–water partition coefficient (Wildman–Crippen LogP) is 7.53. The molecule has 0 aliphatic rings. The van der Waals surface area contributed by atoms with Crippen LogP contribution in [0.2, 0.25) is 0 Å². The van der Waals surface area contributed by atoms with Crippen LogP contribution in [0.15, 0.2) is 54.6 Å². The van der Waals surface area contributed by atoms with Crippen molar-refractivity contribution in [2.24, 2.45) is 0 Å². The molecule has 34 heavy (non-hydrogen) atoms. The lowest BCUT2D eigenvalue weighted by Crippen LogP contribution is -2.07. The fraction of sp³-hybridized carbons (Fsp3) is 0.448. The highest BCUT2D eigenvalue weighted by Gasteiger charge is 2.06. The molecule has 5 heteroatoms. The highest BCUT2D eigenvalue weighted by atomic mass is 16.5. The smallest absolute Gasteiger partial charge is 0.336 e. The van der Waals surface area contributed by atoms with Gasteiger partial charge < -0.3 is 14.2 Å². The van der Waals surface area contributed by atoms with E-state index >= 15 is 0 Å². The van der Waals surface area contributed by atoms with E-state index in [9.17, 15) is 9.59 Å². The number of esters is 2. The Balaban J connectivity index is 1.70. The standard InChI is InChI=1S/C29H38O5/c1-3-5-7-8-9-11-23-32-25-16-13-24(14-17-25)15-22-29(31)34-27-20-18-26(19-21-27)33-28(30)12-10-6-4-2/h13-22H,3-12,23H2,1-2H3. The van der Waals surface area contributed by atoms with Gasteiger partial charge in [-0.25, -0.2) is 4.79 Å². The van der Waals surface area contributed by atoms with Gasteiger partial charge in [-0.2, -0.15) is 0 Å². The first-order valence-electron chi connectivity index (χ1n) is 12.5. The lowest BCUT2D eigenvalue weighted by Gasteiger charge is -2.06. The van der Waals surface area contributed by atoms with Crippen molar-refractivity contribution in [1.82, 2.24) is 0 Å². The second-order valence-electron chi connectivity index (χ2n) is 8.34. The minimum absolute atomic E-state index is 0.250. The molecule has 2 aromatic rings. The zero-order chi connectivity index (χ0) is 24.4. The maximum atomic E-state index is 12.1. The zero-order valence-corrected chi connectivity index (χ0v) is 20.6. The predicted molar refractivity (Wildman–Crippen MR) is 136 cm³/mol. The van der Waals surface area contributed by atoms with Gasteiger partial charge in [-0.05, 0) is 60.9 Å². The van der Waals surface area contributed by atoms with E-state index in [2.05, 4.69) is 13.8 Å². The number of rotatable bonds is 16. The number of ether oxygens (including phenoxy) is 3. The van der Waals surface area contributed by atoms with E-state index in [1.54, 1.807) is 30.3 Å². The molecule has 0 heterocycles. The highest BCUT2D eigenvalue weighted by Crippen LogP contribution is 2.19. The van der Waals surface area contributed by atoms with Crippen LogP contribution < -0.4 is 14.2 Å². The fourth-order valence-corrected chi connectivity index (χ4v) is 3.34. The Morgan fingerprint density at radius 2 is 1.24 bits per heavy atom. The average Bonchev–Trinajstić information content (AvgIpc) is 2.84. The molecule has 0 radical (unpaired) electrons. The topological polar surface area (TPSA) is 61.8 Å². The molecular formula is C29H38O5. The van der Waals surface area contributed by atoms with Crippen LogP contribution >= 0.6 is 0 Å². The van der Waals surface area contributed by atoms with Crippen molar-refractivity contribution < 1.29 is 23.8 Å². The number of unbranched alkanes of at least 4 members (excludes halogenated alkanes) is 7. The summed E-state index contributed by atoms with van der Waals surface area (Å²) in [5.74, 6) is 0.932. The van der Waals surface area contributed by atoms with Crippen LogP contribution in [0.25, 0.3) is 6.08 Å². The molecule has 0 bridgehead atoms. The van der Waals surface area contributed by atoms with Crippen molar-refractivity contribution in [2.75, 3.05) is 6.61 Å². The summed E-state index contributed by atoms with van der Waals surface area (Å²) in [5, 5.41) is 0. The van der Waals surface area contributed by atoms with Gasteiger partial charge in [0.25, 0.3) is 0 Å². The van der Waals surface area contributed by atoms with Crippen molar-refractivity contribution in [3.05, 3.63) is 60.2 Å². The van der Waals surface area contributed by atoms with E-state index in [1.807, 2.05) is 24.3 Å². The van der Waals surface area contributed by atoms with E-state index in [1.165, 1.54) is 38.2 Å². The SMILES string of the molecule is CCCCCCCCOc1ccc(C=CC(=O)Oc2ccc(OC(=O)CCCCC)cc2)cc1. The first-order valence-corrected chi connectivity index (χ1v) is 12.5. The molecule has 0 spiro atoms. The minimum atomic E-state index is -0.479. The van der Waals surface area contributed by atoms with E-state index < -0.39 is 5.97 Å². The lowest BCUT2D eigenvalue weighted by atomic mass is 10.1. The maximum absolute atomic E-state index is 12.1. The molecule has 0 saturated heterocycles. The molecule has 0 aliphatic heterocycles. The molecule has 0 atom stereocenters. The van der Waals surface area contributed by atoms with E-state index in [0.717, 1.165) is 43.6 Å². The van der Waals surface area contributed by atoms with Crippen LogP contribution in [0.5, 0.6) is 17.2 Å². The molecule has 0 aliphatic carbocycles. The Bertz CT molecular complexity index is 868. The van der Waals surface area contributed by atoms with Gasteiger partial charge in [0.15, 0.2) is 0 Å². The van der Waals surface area contributed by atoms with Crippen LogP contribution in [0.1, 0.15) is 83.6 Å². The third-order valence-corrected chi connectivity index (χ3v) is 5.32. The third-order valence-electron chi connectivity index (χ3n) is 5.32. The summed E-state index contributed by atoms with van der Waals surface area (Å²) in [6, 6.07) is 14.1. The number of carbonyl (C=O) groups excluding carboxylic acids is 2. The first-order chi connectivity index (χ1) is 16.6. The van der Waals surface area contributed by atoms with Gasteiger partial charge in [0.2, 0.25) is 0 Å². The van der Waals surface area contributed by atoms with E-state index in [-0.39, 0.29) is 5.97 Å². The maximum Gasteiger partial charge on any atom is 0.336 e. The van der Waals surface area contributed by atoms with Crippen LogP contribution in [-0.4, -0.2) is 18.5 Å². The summed E-state index contributed by atoms with van der Waals surface area (Å²) in [6.07, 6.45) is 13.8. The van der Waals surface area contributed by atoms with Gasteiger partial charge in [0.05, 0.1) is 6.61 Å². The van der Waals surface area contributed by atoms with Gasteiger partial charge in [-0.15, -0.1) is 0 Å². The summed E-state index contributed by atoms with van der Waals surface area (Å²) in [5.41, 5.74) is 0.884. The van der Waals surface area contributed by atoms with Gasteiger partial charge in [-0.3, -0.25) is 4.79 Å².